The minimum Gasteiger partial charge on any atom is -0.382 e. The Kier molecular flexibility index (Phi) is 3.53. The lowest BCUT2D eigenvalue weighted by Crippen LogP contribution is -2.06. The molecule has 0 radical (unpaired) electrons. The first-order valence-corrected chi connectivity index (χ1v) is 8.78. The van der Waals surface area contributed by atoms with Crippen LogP contribution in [0.25, 0.3) is 27.6 Å². The Morgan fingerprint density at radius 3 is 2.78 bits per heavy atom. The molecule has 4 N–H and O–H groups in total. The summed E-state index contributed by atoms with van der Waals surface area (Å²) < 4.78 is 2.16. The second-order valence-corrected chi connectivity index (χ2v) is 6.45. The average Bonchev–Trinajstić information content (AvgIpc) is 3.27. The van der Waals surface area contributed by atoms with E-state index in [0.717, 1.165) is 39.0 Å². The highest BCUT2D eigenvalue weighted by Crippen LogP contribution is 2.27. The predicted octanol–water partition coefficient (Wildman–Crippen LogP) is 4.10. The molecule has 0 amide bonds. The summed E-state index contributed by atoms with van der Waals surface area (Å²) in [5, 5.41) is 12.5. The highest BCUT2D eigenvalue weighted by Gasteiger charge is 2.13. The average molecular weight is 354 g/mol. The largest absolute Gasteiger partial charge is 0.382 e. The van der Waals surface area contributed by atoms with Crippen molar-refractivity contribution in [2.45, 2.75) is 6.54 Å². The van der Waals surface area contributed by atoms with Crippen LogP contribution in [0.4, 0.5) is 11.5 Å². The Labute approximate surface area is 155 Å². The number of hydrogen-bond donors (Lipinski definition) is 3. The van der Waals surface area contributed by atoms with Gasteiger partial charge in [0.05, 0.1) is 12.1 Å². The minimum absolute atomic E-state index is 0.500. The number of rotatable bonds is 4. The van der Waals surface area contributed by atoms with Gasteiger partial charge in [0.2, 0.25) is 0 Å². The highest BCUT2D eigenvalue weighted by molar-refractivity contribution is 5.91. The van der Waals surface area contributed by atoms with E-state index in [2.05, 4.69) is 55.4 Å². The summed E-state index contributed by atoms with van der Waals surface area (Å²) in [5.41, 5.74) is 11.1. The number of fused-ring (bicyclic) bond motifs is 2. The van der Waals surface area contributed by atoms with Gasteiger partial charge < -0.3 is 11.1 Å². The first kappa shape index (κ1) is 15.5. The van der Waals surface area contributed by atoms with E-state index in [9.17, 15) is 0 Å². The van der Waals surface area contributed by atoms with Gasteiger partial charge in [-0.1, -0.05) is 18.2 Å². The molecule has 2 aromatic carbocycles. The highest BCUT2D eigenvalue weighted by atomic mass is 15.2. The van der Waals surface area contributed by atoms with Crippen LogP contribution >= 0.6 is 0 Å². The van der Waals surface area contributed by atoms with E-state index in [4.69, 9.17) is 5.73 Å². The van der Waals surface area contributed by atoms with E-state index >= 15 is 0 Å². The monoisotopic (exact) mass is 354 g/mol. The molecule has 0 aliphatic heterocycles. The van der Waals surface area contributed by atoms with Crippen molar-refractivity contribution >= 4 is 33.4 Å². The van der Waals surface area contributed by atoms with Crippen molar-refractivity contribution in [3.8, 4) is 5.69 Å². The quantitative estimate of drug-likeness (QED) is 0.454. The van der Waals surface area contributed by atoms with Gasteiger partial charge in [0, 0.05) is 34.0 Å². The number of anilines is 2. The number of nitrogens with two attached hydrogens (primary N) is 1. The van der Waals surface area contributed by atoms with E-state index < -0.39 is 0 Å². The zero-order chi connectivity index (χ0) is 18.2. The maximum absolute atomic E-state index is 6.00. The number of para-hydroxylation sites is 1. The third kappa shape index (κ3) is 2.67. The molecule has 0 fully saturated rings. The van der Waals surface area contributed by atoms with Crippen LogP contribution in [0.3, 0.4) is 0 Å². The van der Waals surface area contributed by atoms with E-state index in [-0.39, 0.29) is 0 Å². The minimum atomic E-state index is 0.500. The second kappa shape index (κ2) is 6.17. The van der Waals surface area contributed by atoms with Crippen molar-refractivity contribution in [1.82, 2.24) is 19.7 Å². The molecule has 0 saturated heterocycles. The van der Waals surface area contributed by atoms with Crippen LogP contribution in [0.2, 0.25) is 0 Å². The second-order valence-electron chi connectivity index (χ2n) is 6.45. The van der Waals surface area contributed by atoms with Gasteiger partial charge in [-0.2, -0.15) is 5.10 Å². The SMILES string of the molecule is Nc1n[nH]c2ccc(-n3c(CNc4ccccc4)cc4cccnc43)cc12. The molecular formula is C21H18N6. The Balaban J connectivity index is 1.63. The van der Waals surface area contributed by atoms with E-state index in [1.54, 1.807) is 0 Å². The molecule has 6 nitrogen and oxygen atoms in total. The van der Waals surface area contributed by atoms with Crippen LogP contribution < -0.4 is 11.1 Å². The molecule has 0 bridgehead atoms. The summed E-state index contributed by atoms with van der Waals surface area (Å²) in [5.74, 6) is 0.500. The predicted molar refractivity (Wildman–Crippen MR) is 109 cm³/mol. The molecule has 6 heteroatoms. The van der Waals surface area contributed by atoms with Crippen LogP contribution in [-0.4, -0.2) is 19.7 Å². The van der Waals surface area contributed by atoms with Gasteiger partial charge in [-0.25, -0.2) is 4.98 Å². The van der Waals surface area contributed by atoms with Crippen LogP contribution in [0.15, 0.2) is 72.9 Å². The Morgan fingerprint density at radius 2 is 1.89 bits per heavy atom. The Hall–Kier alpha value is -3.80. The lowest BCUT2D eigenvalue weighted by Gasteiger charge is -2.12. The van der Waals surface area contributed by atoms with Crippen LogP contribution in [0, 0.1) is 0 Å². The van der Waals surface area contributed by atoms with Crippen LogP contribution in [0.1, 0.15) is 5.69 Å². The summed E-state index contributed by atoms with van der Waals surface area (Å²) in [6.45, 7) is 0.680. The Bertz CT molecular complexity index is 1240. The summed E-state index contributed by atoms with van der Waals surface area (Å²) >= 11 is 0. The first-order chi connectivity index (χ1) is 13.3. The standard InChI is InChI=1S/C21H18N6/c22-20-18-12-16(8-9-19(18)25-26-20)27-17(11-14-5-4-10-23-21(14)27)13-24-15-6-2-1-3-7-15/h1-12,24H,13H2,(H3,22,25,26). The van der Waals surface area contributed by atoms with Crippen molar-refractivity contribution in [3.63, 3.8) is 0 Å². The fourth-order valence-corrected chi connectivity index (χ4v) is 3.42. The molecule has 0 saturated carbocycles. The lowest BCUT2D eigenvalue weighted by molar-refractivity contribution is 0.957. The molecule has 0 unspecified atom stereocenters. The van der Waals surface area contributed by atoms with Crippen molar-refractivity contribution in [3.05, 3.63) is 78.6 Å². The van der Waals surface area contributed by atoms with Crippen molar-refractivity contribution in [2.75, 3.05) is 11.1 Å². The van der Waals surface area contributed by atoms with Gasteiger partial charge in [0.1, 0.15) is 5.65 Å². The number of aromatic amines is 1. The number of benzene rings is 2. The van der Waals surface area contributed by atoms with Gasteiger partial charge in [-0.3, -0.25) is 9.67 Å². The van der Waals surface area contributed by atoms with Crippen LogP contribution in [0.5, 0.6) is 0 Å². The number of nitrogen functional groups attached to an aromatic ring is 1. The molecule has 132 valence electrons. The third-order valence-electron chi connectivity index (χ3n) is 4.72. The normalized spacial score (nSPS) is 11.3. The van der Waals surface area contributed by atoms with Crippen LogP contribution in [-0.2, 0) is 6.54 Å². The van der Waals surface area contributed by atoms with E-state index in [0.29, 0.717) is 12.4 Å². The topological polar surface area (TPSA) is 84.5 Å². The number of nitrogens with zero attached hydrogens (tertiary/aromatic N) is 3. The molecule has 0 aliphatic rings. The molecule has 3 heterocycles. The maximum Gasteiger partial charge on any atom is 0.153 e. The van der Waals surface area contributed by atoms with Gasteiger partial charge in [0.15, 0.2) is 5.82 Å². The fourth-order valence-electron chi connectivity index (χ4n) is 3.42. The smallest absolute Gasteiger partial charge is 0.153 e. The zero-order valence-corrected chi connectivity index (χ0v) is 14.6. The first-order valence-electron chi connectivity index (χ1n) is 8.78. The molecule has 27 heavy (non-hydrogen) atoms. The molecule has 0 spiro atoms. The molecule has 0 atom stereocenters. The molecule has 0 aliphatic carbocycles. The number of H-pyrrole nitrogens is 1. The van der Waals surface area contributed by atoms with Gasteiger partial charge in [-0.15, -0.1) is 0 Å². The van der Waals surface area contributed by atoms with E-state index in [1.807, 2.05) is 42.6 Å². The number of pyridine rings is 1. The van der Waals surface area contributed by atoms with Gasteiger partial charge in [-0.05, 0) is 48.5 Å². The van der Waals surface area contributed by atoms with Crippen molar-refractivity contribution in [2.24, 2.45) is 0 Å². The lowest BCUT2D eigenvalue weighted by atomic mass is 10.2. The molecule has 3 aromatic heterocycles. The fraction of sp³-hybridized carbons (Fsp3) is 0.0476. The zero-order valence-electron chi connectivity index (χ0n) is 14.6. The van der Waals surface area contributed by atoms with Crippen molar-refractivity contribution < 1.29 is 0 Å². The third-order valence-corrected chi connectivity index (χ3v) is 4.72. The summed E-state index contributed by atoms with van der Waals surface area (Å²) in [6.07, 6.45) is 1.82. The Morgan fingerprint density at radius 1 is 1.00 bits per heavy atom. The number of nitrogens with one attached hydrogen (secondary N) is 2. The molecule has 5 aromatic rings. The summed E-state index contributed by atoms with van der Waals surface area (Å²) in [6, 6.07) is 22.5. The number of aromatic nitrogens is 4. The summed E-state index contributed by atoms with van der Waals surface area (Å²) in [7, 11) is 0. The molecular weight excluding hydrogens is 336 g/mol. The van der Waals surface area contributed by atoms with Gasteiger partial charge in [0.25, 0.3) is 0 Å². The van der Waals surface area contributed by atoms with Gasteiger partial charge >= 0.3 is 0 Å². The maximum atomic E-state index is 6.00. The number of hydrogen-bond acceptors (Lipinski definition) is 4. The van der Waals surface area contributed by atoms with E-state index in [1.165, 1.54) is 0 Å². The van der Waals surface area contributed by atoms with Crippen molar-refractivity contribution in [1.29, 1.82) is 0 Å². The molecule has 5 rings (SSSR count). The summed E-state index contributed by atoms with van der Waals surface area (Å²) in [4.78, 5) is 4.60.